The number of hydrogen-bond acceptors (Lipinski definition) is 5. The number of benzene rings is 1. The van der Waals surface area contributed by atoms with Gasteiger partial charge in [-0.15, -0.1) is 0 Å². The molecule has 0 saturated carbocycles. The van der Waals surface area contributed by atoms with E-state index >= 15 is 0 Å². The fraction of sp³-hybridized carbons (Fsp3) is 0.364. The summed E-state index contributed by atoms with van der Waals surface area (Å²) in [4.78, 5) is 11.0. The fourth-order valence-electron chi connectivity index (χ4n) is 1.24. The Morgan fingerprint density at radius 1 is 1.35 bits per heavy atom. The Hall–Kier alpha value is -0.860. The van der Waals surface area contributed by atoms with Gasteiger partial charge in [-0.25, -0.2) is 0 Å². The minimum atomic E-state index is -0.830. The molecule has 0 spiro atoms. The topological polar surface area (TPSA) is 59.0 Å². The number of carbonyl (C=O) groups excluding carboxylic acids is 1. The number of esters is 1. The first-order valence-corrected chi connectivity index (χ1v) is 6.85. The second kappa shape index (κ2) is 7.46. The van der Waals surface area contributed by atoms with Crippen LogP contribution in [0, 0.1) is 0 Å². The first-order valence-electron chi connectivity index (χ1n) is 5.00. The molecule has 0 aliphatic carbocycles. The summed E-state index contributed by atoms with van der Waals surface area (Å²) in [7, 11) is 2.94. The third kappa shape index (κ3) is 4.88. The minimum absolute atomic E-state index is 0.219. The Kier molecular flexibility index (Phi) is 6.23. The summed E-state index contributed by atoms with van der Waals surface area (Å²) in [6.07, 6.45) is 1.00. The fourth-order valence-corrected chi connectivity index (χ4v) is 2.16. The molecular weight excluding hydrogens is 337 g/mol. The number of hydrogen-bond donors (Lipinski definition) is 1. The van der Waals surface area contributed by atoms with Crippen molar-refractivity contribution >= 4 is 11.7 Å². The van der Waals surface area contributed by atoms with Gasteiger partial charge in [-0.05, 0) is 0 Å². The number of ether oxygens (including phenoxy) is 1. The van der Waals surface area contributed by atoms with Gasteiger partial charge < -0.3 is 0 Å². The molecule has 0 amide bonds. The van der Waals surface area contributed by atoms with Gasteiger partial charge in [0.2, 0.25) is 0 Å². The van der Waals surface area contributed by atoms with Crippen LogP contribution in [0.4, 0.5) is 5.69 Å². The molecule has 96 valence electrons. The molecule has 17 heavy (non-hydrogen) atoms. The Labute approximate surface area is 111 Å². The Bertz CT molecular complexity index is 355. The molecule has 1 rings (SSSR count). The van der Waals surface area contributed by atoms with E-state index in [1.54, 1.807) is 19.2 Å². The van der Waals surface area contributed by atoms with Crippen LogP contribution in [0.25, 0.3) is 0 Å². The zero-order valence-electron chi connectivity index (χ0n) is 9.72. The van der Waals surface area contributed by atoms with Gasteiger partial charge in [-0.2, -0.15) is 0 Å². The average molecular weight is 352 g/mol. The number of rotatable bonds is 6. The molecule has 0 bridgehead atoms. The van der Waals surface area contributed by atoms with E-state index in [0.717, 1.165) is 8.84 Å². The Balaban J connectivity index is 2.52. The number of methoxy groups -OCH3 is 1. The molecule has 1 N–H and O–H groups in total. The molecule has 0 aliphatic heterocycles. The first-order chi connectivity index (χ1) is 8.17. The maximum atomic E-state index is 11.0. The molecule has 0 unspecified atom stereocenters. The zero-order valence-corrected chi connectivity index (χ0v) is 11.9. The van der Waals surface area contributed by atoms with Crippen LogP contribution in [0.5, 0.6) is 0 Å². The van der Waals surface area contributed by atoms with E-state index in [9.17, 15) is 10.0 Å². The van der Waals surface area contributed by atoms with E-state index in [-0.39, 0.29) is 5.97 Å². The number of anilines is 1. The molecule has 0 saturated heterocycles. The summed E-state index contributed by atoms with van der Waals surface area (Å²) in [5.41, 5.74) is 1.73. The predicted octanol–water partition coefficient (Wildman–Crippen LogP) is -1.45. The van der Waals surface area contributed by atoms with Crippen LogP contribution in [0.1, 0.15) is 12.0 Å². The van der Waals surface area contributed by atoms with Crippen LogP contribution in [0.2, 0.25) is 0 Å². The molecule has 0 atom stereocenters. The Morgan fingerprint density at radius 3 is 2.53 bits per heavy atom. The Morgan fingerprint density at radius 2 is 2.00 bits per heavy atom. The summed E-state index contributed by atoms with van der Waals surface area (Å²) in [6, 6.07) is 7.35. The SMILES string of the molecule is CO[I-]N(O)c1ccc(CCC(=O)OC)cc1. The molecule has 1 aromatic rings. The van der Waals surface area contributed by atoms with Crippen molar-refractivity contribution in [3.63, 3.8) is 0 Å². The van der Waals surface area contributed by atoms with E-state index < -0.39 is 21.9 Å². The van der Waals surface area contributed by atoms with Crippen molar-refractivity contribution in [1.82, 2.24) is 0 Å². The normalized spacial score (nSPS) is 10.3. The van der Waals surface area contributed by atoms with Gasteiger partial charge in [-0.1, -0.05) is 0 Å². The van der Waals surface area contributed by atoms with Crippen molar-refractivity contribution in [3.05, 3.63) is 29.8 Å². The molecule has 0 heterocycles. The molecule has 0 aliphatic rings. The molecule has 1 aromatic carbocycles. The second-order valence-corrected chi connectivity index (χ2v) is 5.41. The van der Waals surface area contributed by atoms with Crippen LogP contribution in [-0.2, 0) is 19.0 Å². The van der Waals surface area contributed by atoms with Gasteiger partial charge >= 0.3 is 112 Å². The number of aryl methyl sites for hydroxylation is 1. The van der Waals surface area contributed by atoms with Gasteiger partial charge in [0.15, 0.2) is 0 Å². The van der Waals surface area contributed by atoms with Crippen molar-refractivity contribution in [1.29, 1.82) is 0 Å². The van der Waals surface area contributed by atoms with Gasteiger partial charge in [0.1, 0.15) is 0 Å². The first kappa shape index (κ1) is 14.2. The summed E-state index contributed by atoms with van der Waals surface area (Å²) in [6.45, 7) is 0. The van der Waals surface area contributed by atoms with Crippen molar-refractivity contribution in [2.75, 3.05) is 17.5 Å². The van der Waals surface area contributed by atoms with E-state index in [1.165, 1.54) is 7.11 Å². The van der Waals surface area contributed by atoms with E-state index in [2.05, 4.69) is 4.74 Å². The van der Waals surface area contributed by atoms with Gasteiger partial charge in [0.05, 0.1) is 0 Å². The third-order valence-electron chi connectivity index (χ3n) is 2.13. The average Bonchev–Trinajstić information content (AvgIpc) is 2.36. The number of halogens is 1. The molecule has 0 aromatic heterocycles. The molecule has 5 nitrogen and oxygen atoms in total. The quantitative estimate of drug-likeness (QED) is 0.294. The van der Waals surface area contributed by atoms with Crippen LogP contribution >= 0.6 is 0 Å². The zero-order chi connectivity index (χ0) is 12.7. The molecule has 6 heteroatoms. The molecule has 0 radical (unpaired) electrons. The summed E-state index contributed by atoms with van der Waals surface area (Å²) in [5, 5.41) is 9.55. The van der Waals surface area contributed by atoms with Crippen molar-refractivity contribution in [3.8, 4) is 0 Å². The summed E-state index contributed by atoms with van der Waals surface area (Å²) < 4.78 is 10.6. The monoisotopic (exact) mass is 352 g/mol. The van der Waals surface area contributed by atoms with Gasteiger partial charge in [0, 0.05) is 0 Å². The van der Waals surface area contributed by atoms with Crippen LogP contribution < -0.4 is 25.2 Å². The summed E-state index contributed by atoms with van der Waals surface area (Å²) in [5.74, 6) is -0.219. The maximum absolute atomic E-state index is 11.0. The predicted molar refractivity (Wildman–Crippen MR) is 58.1 cm³/mol. The second-order valence-electron chi connectivity index (χ2n) is 3.23. The third-order valence-corrected chi connectivity index (χ3v) is 3.45. The van der Waals surface area contributed by atoms with Crippen molar-refractivity contribution < 1.29 is 39.7 Å². The van der Waals surface area contributed by atoms with Crippen LogP contribution in [0.15, 0.2) is 24.3 Å². The van der Waals surface area contributed by atoms with Crippen LogP contribution in [0.3, 0.4) is 0 Å². The van der Waals surface area contributed by atoms with E-state index in [1.807, 2.05) is 12.1 Å². The molecule has 0 fully saturated rings. The summed E-state index contributed by atoms with van der Waals surface area (Å²) >= 11 is -0.830. The standard InChI is InChI=1S/C11H15INO4/c1-16-11(14)8-5-9-3-6-10(7-4-9)13(15)12-17-2/h3-4,6-7,15H,5,8H2,1-2H3/q-1. The van der Waals surface area contributed by atoms with Crippen molar-refractivity contribution in [2.24, 2.45) is 0 Å². The van der Waals surface area contributed by atoms with E-state index in [0.29, 0.717) is 18.5 Å². The van der Waals surface area contributed by atoms with Crippen LogP contribution in [-0.4, -0.2) is 25.4 Å². The van der Waals surface area contributed by atoms with Crippen molar-refractivity contribution in [2.45, 2.75) is 12.8 Å². The van der Waals surface area contributed by atoms with Gasteiger partial charge in [0.25, 0.3) is 0 Å². The van der Waals surface area contributed by atoms with E-state index in [4.69, 9.17) is 3.07 Å². The van der Waals surface area contributed by atoms with Gasteiger partial charge in [-0.3, -0.25) is 0 Å². The number of carbonyl (C=O) groups is 1. The molecular formula is C11H15INO4-. The number of nitrogens with zero attached hydrogens (tertiary/aromatic N) is 1.